The van der Waals surface area contributed by atoms with Crippen LogP contribution in [0.3, 0.4) is 0 Å². The molecule has 5 heteroatoms. The second-order valence-electron chi connectivity index (χ2n) is 5.44. The Hall–Kier alpha value is -2.04. The third kappa shape index (κ3) is 5.93. The lowest BCUT2D eigenvalue weighted by Crippen LogP contribution is -2.31. The maximum atomic E-state index is 11.8. The molecule has 0 bridgehead atoms. The van der Waals surface area contributed by atoms with Gasteiger partial charge in [0, 0.05) is 19.5 Å². The second kappa shape index (κ2) is 9.87. The molecule has 128 valence electrons. The molecule has 0 atom stereocenters. The number of carbonyl (C=O) groups is 2. The van der Waals surface area contributed by atoms with E-state index in [4.69, 9.17) is 4.74 Å². The fourth-order valence-electron chi connectivity index (χ4n) is 2.42. The van der Waals surface area contributed by atoms with Crippen molar-refractivity contribution in [2.45, 2.75) is 46.5 Å². The van der Waals surface area contributed by atoms with Gasteiger partial charge in [0.05, 0.1) is 12.2 Å². The van der Waals surface area contributed by atoms with Gasteiger partial charge in [0.1, 0.15) is 0 Å². The van der Waals surface area contributed by atoms with Crippen LogP contribution in [-0.2, 0) is 17.6 Å². The molecule has 0 heterocycles. The monoisotopic (exact) mass is 321 g/mol. The molecule has 0 radical (unpaired) electrons. The molecule has 1 N–H and O–H groups in total. The van der Waals surface area contributed by atoms with Crippen molar-refractivity contribution < 1.29 is 19.4 Å². The van der Waals surface area contributed by atoms with Crippen LogP contribution in [0.1, 0.15) is 55.1 Å². The van der Waals surface area contributed by atoms with Crippen LogP contribution in [0.2, 0.25) is 0 Å². The van der Waals surface area contributed by atoms with E-state index in [0.29, 0.717) is 19.5 Å². The van der Waals surface area contributed by atoms with Gasteiger partial charge in [-0.05, 0) is 43.9 Å². The van der Waals surface area contributed by atoms with E-state index in [1.165, 1.54) is 0 Å². The van der Waals surface area contributed by atoms with E-state index >= 15 is 0 Å². The van der Waals surface area contributed by atoms with Crippen LogP contribution in [0.25, 0.3) is 0 Å². The lowest BCUT2D eigenvalue weighted by atomic mass is 9.99. The highest BCUT2D eigenvalue weighted by Gasteiger charge is 2.13. The number of hydrogen-bond donors (Lipinski definition) is 1. The zero-order chi connectivity index (χ0) is 17.2. The molecule has 0 fully saturated rings. The molecular weight excluding hydrogens is 294 g/mol. The third-order valence-corrected chi connectivity index (χ3v) is 3.84. The zero-order valence-electron chi connectivity index (χ0n) is 14.3. The van der Waals surface area contributed by atoms with Gasteiger partial charge in [-0.15, -0.1) is 0 Å². The fraction of sp³-hybridized carbons (Fsp3) is 0.556. The van der Waals surface area contributed by atoms with Gasteiger partial charge in [-0.2, -0.15) is 0 Å². The predicted molar refractivity (Wildman–Crippen MR) is 90.0 cm³/mol. The maximum Gasteiger partial charge on any atom is 0.409 e. The molecule has 0 aliphatic heterocycles. The minimum absolute atomic E-state index is 0.187. The summed E-state index contributed by atoms with van der Waals surface area (Å²) >= 11 is 0. The van der Waals surface area contributed by atoms with Crippen molar-refractivity contribution in [3.63, 3.8) is 0 Å². The van der Waals surface area contributed by atoms with E-state index in [9.17, 15) is 14.7 Å². The number of carbonyl (C=O) groups excluding carboxylic acids is 1. The van der Waals surface area contributed by atoms with Gasteiger partial charge in [-0.1, -0.05) is 25.5 Å². The maximum absolute atomic E-state index is 11.8. The minimum atomic E-state index is -0.947. The fourth-order valence-corrected chi connectivity index (χ4v) is 2.42. The van der Waals surface area contributed by atoms with E-state index in [1.54, 1.807) is 11.0 Å². The summed E-state index contributed by atoms with van der Waals surface area (Å²) in [5, 5.41) is 9.29. The summed E-state index contributed by atoms with van der Waals surface area (Å²) in [6.07, 6.45) is 3.16. The van der Waals surface area contributed by atoms with Crippen LogP contribution in [0.5, 0.6) is 0 Å². The van der Waals surface area contributed by atoms with Crippen LogP contribution in [0.15, 0.2) is 18.2 Å². The standard InChI is InChI=1S/C18H27NO4/c1-4-7-8-14-9-10-16(17(20)21)15(13-14)11-12-23-18(22)19(5-2)6-3/h9-10,13H,4-8,11-12H2,1-3H3,(H,20,21). The largest absolute Gasteiger partial charge is 0.478 e. The smallest absolute Gasteiger partial charge is 0.409 e. The molecule has 1 amide bonds. The van der Waals surface area contributed by atoms with E-state index in [2.05, 4.69) is 6.92 Å². The topological polar surface area (TPSA) is 66.8 Å². The third-order valence-electron chi connectivity index (χ3n) is 3.84. The quantitative estimate of drug-likeness (QED) is 0.752. The number of carboxylic acid groups (broad SMARTS) is 1. The average Bonchev–Trinajstić information content (AvgIpc) is 2.54. The second-order valence-corrected chi connectivity index (χ2v) is 5.44. The Kier molecular flexibility index (Phi) is 8.16. The van der Waals surface area contributed by atoms with Crippen molar-refractivity contribution in [2.75, 3.05) is 19.7 Å². The summed E-state index contributed by atoms with van der Waals surface area (Å²) in [7, 11) is 0. The normalized spacial score (nSPS) is 10.4. The molecule has 0 saturated carbocycles. The summed E-state index contributed by atoms with van der Waals surface area (Å²) in [5.74, 6) is -0.947. The summed E-state index contributed by atoms with van der Waals surface area (Å²) in [5.41, 5.74) is 2.13. The van der Waals surface area contributed by atoms with Crippen LogP contribution in [-0.4, -0.2) is 41.8 Å². The lowest BCUT2D eigenvalue weighted by Gasteiger charge is -2.18. The molecule has 0 saturated heterocycles. The molecule has 0 unspecified atom stereocenters. The van der Waals surface area contributed by atoms with Crippen molar-refractivity contribution in [1.82, 2.24) is 4.90 Å². The number of amides is 1. The average molecular weight is 321 g/mol. The Morgan fingerprint density at radius 1 is 1.13 bits per heavy atom. The lowest BCUT2D eigenvalue weighted by molar-refractivity contribution is 0.0695. The summed E-state index contributed by atoms with van der Waals surface area (Å²) in [4.78, 5) is 24.7. The number of benzene rings is 1. The van der Waals surface area contributed by atoms with Crippen LogP contribution < -0.4 is 0 Å². The predicted octanol–water partition coefficient (Wildman–Crippen LogP) is 3.75. The van der Waals surface area contributed by atoms with Crippen LogP contribution in [0, 0.1) is 0 Å². The number of carboxylic acids is 1. The number of unbranched alkanes of at least 4 members (excludes halogenated alkanes) is 1. The first-order chi connectivity index (χ1) is 11.0. The molecule has 1 aromatic carbocycles. The Morgan fingerprint density at radius 2 is 1.83 bits per heavy atom. The Bertz CT molecular complexity index is 524. The zero-order valence-corrected chi connectivity index (χ0v) is 14.3. The van der Waals surface area contributed by atoms with Gasteiger partial charge in [0.15, 0.2) is 0 Å². The van der Waals surface area contributed by atoms with Crippen molar-refractivity contribution >= 4 is 12.1 Å². The molecule has 1 rings (SSSR count). The first-order valence-electron chi connectivity index (χ1n) is 8.30. The highest BCUT2D eigenvalue weighted by atomic mass is 16.6. The van der Waals surface area contributed by atoms with Crippen molar-refractivity contribution in [2.24, 2.45) is 0 Å². The number of rotatable bonds is 9. The van der Waals surface area contributed by atoms with Crippen LogP contribution in [0.4, 0.5) is 4.79 Å². The van der Waals surface area contributed by atoms with Gasteiger partial charge < -0.3 is 14.7 Å². The van der Waals surface area contributed by atoms with Crippen molar-refractivity contribution in [3.05, 3.63) is 34.9 Å². The number of hydrogen-bond acceptors (Lipinski definition) is 3. The first-order valence-corrected chi connectivity index (χ1v) is 8.30. The van der Waals surface area contributed by atoms with Gasteiger partial charge in [-0.25, -0.2) is 9.59 Å². The molecule has 0 aliphatic rings. The summed E-state index contributed by atoms with van der Waals surface area (Å²) in [6.45, 7) is 7.30. The first kappa shape index (κ1) is 19.0. The van der Waals surface area contributed by atoms with E-state index in [-0.39, 0.29) is 18.3 Å². The molecule has 0 aliphatic carbocycles. The Labute approximate surface area is 138 Å². The highest BCUT2D eigenvalue weighted by Crippen LogP contribution is 2.15. The number of aromatic carboxylic acids is 1. The Balaban J connectivity index is 2.72. The number of ether oxygens (including phenoxy) is 1. The summed E-state index contributed by atoms with van der Waals surface area (Å²) < 4.78 is 5.24. The van der Waals surface area contributed by atoms with Gasteiger partial charge >= 0.3 is 12.1 Å². The number of aryl methyl sites for hydroxylation is 1. The SMILES string of the molecule is CCCCc1ccc(C(=O)O)c(CCOC(=O)N(CC)CC)c1. The van der Waals surface area contributed by atoms with Crippen molar-refractivity contribution in [3.8, 4) is 0 Å². The van der Waals surface area contributed by atoms with Gasteiger partial charge in [0.25, 0.3) is 0 Å². The molecule has 0 aromatic heterocycles. The van der Waals surface area contributed by atoms with E-state index in [0.717, 1.165) is 30.4 Å². The number of nitrogens with zero attached hydrogens (tertiary/aromatic N) is 1. The van der Waals surface area contributed by atoms with Gasteiger partial charge in [0.2, 0.25) is 0 Å². The molecule has 5 nitrogen and oxygen atoms in total. The molecular formula is C18H27NO4. The Morgan fingerprint density at radius 3 is 2.39 bits per heavy atom. The van der Waals surface area contributed by atoms with Crippen LogP contribution >= 0.6 is 0 Å². The molecule has 23 heavy (non-hydrogen) atoms. The van der Waals surface area contributed by atoms with E-state index < -0.39 is 5.97 Å². The summed E-state index contributed by atoms with van der Waals surface area (Å²) in [6, 6.07) is 5.43. The highest BCUT2D eigenvalue weighted by molar-refractivity contribution is 5.89. The minimum Gasteiger partial charge on any atom is -0.478 e. The molecule has 0 spiro atoms. The van der Waals surface area contributed by atoms with Crippen molar-refractivity contribution in [1.29, 1.82) is 0 Å². The molecule has 1 aromatic rings. The van der Waals surface area contributed by atoms with E-state index in [1.807, 2.05) is 26.0 Å². The van der Waals surface area contributed by atoms with Gasteiger partial charge in [-0.3, -0.25) is 0 Å².